The Balaban J connectivity index is 1.76. The molecule has 5 rings (SSSR count). The molecule has 3 aromatic rings. The molecular formula is C26H18Br2O4. The Labute approximate surface area is 202 Å². The summed E-state index contributed by atoms with van der Waals surface area (Å²) in [5.41, 5.74) is -1.26. The number of benzene rings is 3. The van der Waals surface area contributed by atoms with Crippen molar-refractivity contribution in [1.82, 2.24) is 0 Å². The van der Waals surface area contributed by atoms with E-state index in [1.54, 1.807) is 60.7 Å². The second-order valence-corrected chi connectivity index (χ2v) is 10.0. The number of Topliss-reactive ketones (excluding diaryl/α,β-unsaturated/α-hetero) is 2. The highest BCUT2D eigenvalue weighted by Crippen LogP contribution is 2.80. The molecule has 3 atom stereocenters. The molecule has 1 fully saturated rings. The number of ketones is 2. The molecule has 1 aliphatic heterocycles. The van der Waals surface area contributed by atoms with Crippen LogP contribution in [-0.4, -0.2) is 17.5 Å². The predicted octanol–water partition coefficient (Wildman–Crippen LogP) is 6.38. The first-order valence-corrected chi connectivity index (χ1v) is 11.9. The third kappa shape index (κ3) is 2.69. The van der Waals surface area contributed by atoms with Crippen molar-refractivity contribution in [3.8, 4) is 5.75 Å². The van der Waals surface area contributed by atoms with Gasteiger partial charge in [0.25, 0.3) is 0 Å². The molecule has 0 spiro atoms. The Bertz CT molecular complexity index is 1270. The van der Waals surface area contributed by atoms with Gasteiger partial charge in [-0.15, -0.1) is 0 Å². The highest BCUT2D eigenvalue weighted by Gasteiger charge is 2.88. The molecule has 0 aromatic heterocycles. The van der Waals surface area contributed by atoms with E-state index >= 15 is 0 Å². The smallest absolute Gasteiger partial charge is 0.327 e. The molecule has 3 aromatic carbocycles. The number of hydrogen-bond acceptors (Lipinski definition) is 4. The van der Waals surface area contributed by atoms with E-state index in [1.807, 2.05) is 19.1 Å². The van der Waals surface area contributed by atoms with Crippen LogP contribution in [0.15, 0.2) is 81.7 Å². The van der Waals surface area contributed by atoms with Crippen LogP contribution in [0.4, 0.5) is 0 Å². The maximum Gasteiger partial charge on any atom is 0.327 e. The lowest BCUT2D eigenvalue weighted by Gasteiger charge is -2.23. The molecule has 1 aliphatic carbocycles. The summed E-state index contributed by atoms with van der Waals surface area (Å²) < 4.78 is 7.35. The van der Waals surface area contributed by atoms with E-state index < -0.39 is 22.7 Å². The van der Waals surface area contributed by atoms with Gasteiger partial charge in [0.2, 0.25) is 0 Å². The van der Waals surface area contributed by atoms with Gasteiger partial charge in [0.05, 0.1) is 5.41 Å². The third-order valence-corrected chi connectivity index (χ3v) is 7.84. The number of rotatable bonds is 5. The third-order valence-electron chi connectivity index (χ3n) is 6.82. The van der Waals surface area contributed by atoms with Crippen LogP contribution in [0.2, 0.25) is 0 Å². The van der Waals surface area contributed by atoms with E-state index in [0.29, 0.717) is 28.9 Å². The molecule has 0 unspecified atom stereocenters. The van der Waals surface area contributed by atoms with Gasteiger partial charge < -0.3 is 4.74 Å². The van der Waals surface area contributed by atoms with Crippen LogP contribution in [0, 0.1) is 10.8 Å². The highest BCUT2D eigenvalue weighted by atomic mass is 79.9. The summed E-state index contributed by atoms with van der Waals surface area (Å²) >= 11 is 6.88. The summed E-state index contributed by atoms with van der Waals surface area (Å²) in [5, 5.41) is 0. The quantitative estimate of drug-likeness (QED) is 0.159. The largest absolute Gasteiger partial charge is 0.425 e. The van der Waals surface area contributed by atoms with Crippen LogP contribution in [-0.2, 0) is 4.79 Å². The molecule has 0 amide bonds. The van der Waals surface area contributed by atoms with Crippen LogP contribution >= 0.6 is 31.9 Å². The van der Waals surface area contributed by atoms with Crippen molar-refractivity contribution in [2.75, 3.05) is 0 Å². The molecule has 4 nitrogen and oxygen atoms in total. The van der Waals surface area contributed by atoms with Gasteiger partial charge in [0.1, 0.15) is 5.75 Å². The fourth-order valence-electron chi connectivity index (χ4n) is 5.41. The SMILES string of the molecule is CC[C@]1(C(=O)c2ccc(Br)cc2)[C@H]2c3cc(Br)ccc3OC(=O)[C@@]21C(=O)c1ccccc1. The summed E-state index contributed by atoms with van der Waals surface area (Å²) in [6.07, 6.45) is 0.326. The average molecular weight is 554 g/mol. The van der Waals surface area contributed by atoms with E-state index in [0.717, 1.165) is 8.95 Å². The van der Waals surface area contributed by atoms with Gasteiger partial charge in [-0.25, -0.2) is 0 Å². The van der Waals surface area contributed by atoms with Gasteiger partial charge in [0, 0.05) is 31.6 Å². The minimum atomic E-state index is -1.60. The summed E-state index contributed by atoms with van der Waals surface area (Å²) in [6.45, 7) is 1.86. The van der Waals surface area contributed by atoms with Gasteiger partial charge in [-0.2, -0.15) is 0 Å². The number of ether oxygens (including phenoxy) is 1. The van der Waals surface area contributed by atoms with Crippen molar-refractivity contribution in [3.63, 3.8) is 0 Å². The van der Waals surface area contributed by atoms with Crippen molar-refractivity contribution in [2.45, 2.75) is 19.3 Å². The van der Waals surface area contributed by atoms with Crippen molar-refractivity contribution in [1.29, 1.82) is 0 Å². The van der Waals surface area contributed by atoms with E-state index in [9.17, 15) is 14.4 Å². The zero-order chi connectivity index (χ0) is 22.7. The molecular weight excluding hydrogens is 536 g/mol. The fourth-order valence-corrected chi connectivity index (χ4v) is 6.05. The first-order valence-electron chi connectivity index (χ1n) is 10.3. The Morgan fingerprint density at radius 2 is 1.50 bits per heavy atom. The molecule has 6 heteroatoms. The lowest BCUT2D eigenvalue weighted by Crippen LogP contribution is -2.39. The van der Waals surface area contributed by atoms with Gasteiger partial charge in [0.15, 0.2) is 17.0 Å². The standard InChI is InChI=1S/C26H18Br2O4/c1-2-25(22(29)16-8-10-17(27)11-9-16)21-19-14-18(28)12-13-20(19)32-24(31)26(21,25)23(30)15-6-4-3-5-7-15/h3-14,21H,2H2,1H3/t21-,25-,26+/m1/s1. The van der Waals surface area contributed by atoms with Crippen LogP contribution < -0.4 is 4.74 Å². The van der Waals surface area contributed by atoms with E-state index in [2.05, 4.69) is 31.9 Å². The zero-order valence-corrected chi connectivity index (χ0v) is 20.3. The molecule has 160 valence electrons. The first kappa shape index (κ1) is 21.3. The van der Waals surface area contributed by atoms with Crippen LogP contribution in [0.25, 0.3) is 0 Å². The molecule has 32 heavy (non-hydrogen) atoms. The van der Waals surface area contributed by atoms with Gasteiger partial charge in [-0.3, -0.25) is 14.4 Å². The van der Waals surface area contributed by atoms with Gasteiger partial charge in [-0.05, 0) is 36.8 Å². The molecule has 2 aliphatic rings. The first-order chi connectivity index (χ1) is 15.4. The lowest BCUT2D eigenvalue weighted by molar-refractivity contribution is -0.140. The molecule has 1 heterocycles. The topological polar surface area (TPSA) is 60.4 Å². The minimum Gasteiger partial charge on any atom is -0.425 e. The number of fused-ring (bicyclic) bond motifs is 3. The number of halogens is 2. The van der Waals surface area contributed by atoms with Gasteiger partial charge >= 0.3 is 5.97 Å². The second kappa shape index (κ2) is 7.49. The number of carbonyl (C=O) groups excluding carboxylic acids is 3. The summed E-state index contributed by atoms with van der Waals surface area (Å²) in [7, 11) is 0. The summed E-state index contributed by atoms with van der Waals surface area (Å²) in [6, 6.07) is 21.0. The van der Waals surface area contributed by atoms with Crippen LogP contribution in [0.3, 0.4) is 0 Å². The monoisotopic (exact) mass is 552 g/mol. The van der Waals surface area contributed by atoms with Crippen molar-refractivity contribution in [2.24, 2.45) is 10.8 Å². The lowest BCUT2D eigenvalue weighted by atomic mass is 9.79. The van der Waals surface area contributed by atoms with E-state index in [-0.39, 0.29) is 11.6 Å². The molecule has 0 radical (unpaired) electrons. The predicted molar refractivity (Wildman–Crippen MR) is 127 cm³/mol. The Kier molecular flexibility index (Phi) is 4.98. The summed E-state index contributed by atoms with van der Waals surface area (Å²) in [5.74, 6) is -1.44. The maximum atomic E-state index is 14.0. The summed E-state index contributed by atoms with van der Waals surface area (Å²) in [4.78, 5) is 41.6. The van der Waals surface area contributed by atoms with Crippen molar-refractivity contribution < 1.29 is 19.1 Å². The molecule has 0 N–H and O–H groups in total. The minimum absolute atomic E-state index is 0.216. The maximum absolute atomic E-state index is 14.0. The average Bonchev–Trinajstić information content (AvgIpc) is 3.46. The normalized spacial score (nSPS) is 25.3. The number of carbonyl (C=O) groups is 3. The van der Waals surface area contributed by atoms with Crippen LogP contribution in [0.1, 0.15) is 45.5 Å². The van der Waals surface area contributed by atoms with E-state index in [1.165, 1.54) is 0 Å². The second-order valence-electron chi connectivity index (χ2n) is 8.17. The Hall–Kier alpha value is -2.57. The highest BCUT2D eigenvalue weighted by molar-refractivity contribution is 9.10. The van der Waals surface area contributed by atoms with Gasteiger partial charge in [-0.1, -0.05) is 81.2 Å². The molecule has 1 saturated carbocycles. The zero-order valence-electron chi connectivity index (χ0n) is 17.1. The molecule has 0 bridgehead atoms. The number of esters is 1. The Morgan fingerprint density at radius 1 is 0.875 bits per heavy atom. The number of hydrogen-bond donors (Lipinski definition) is 0. The van der Waals surface area contributed by atoms with E-state index in [4.69, 9.17) is 4.74 Å². The van der Waals surface area contributed by atoms with Crippen LogP contribution in [0.5, 0.6) is 5.75 Å². The molecule has 0 saturated heterocycles. The van der Waals surface area contributed by atoms with Crippen molar-refractivity contribution in [3.05, 3.63) is 98.4 Å². The fraction of sp³-hybridized carbons (Fsp3) is 0.192. The Morgan fingerprint density at radius 3 is 2.16 bits per heavy atom. The van der Waals surface area contributed by atoms with Crippen molar-refractivity contribution >= 4 is 49.4 Å².